The number of benzene rings is 1. The number of amides is 1. The van der Waals surface area contributed by atoms with E-state index < -0.39 is 0 Å². The van der Waals surface area contributed by atoms with Gasteiger partial charge in [0.05, 0.1) is 24.5 Å². The predicted octanol–water partition coefficient (Wildman–Crippen LogP) is 3.94. The fraction of sp³-hybridized carbons (Fsp3) is 0.481. The van der Waals surface area contributed by atoms with Gasteiger partial charge in [-0.2, -0.15) is 0 Å². The van der Waals surface area contributed by atoms with E-state index in [1.165, 1.54) is 12.1 Å². The molecular weight excluding hydrogens is 461 g/mol. The van der Waals surface area contributed by atoms with Gasteiger partial charge in [-0.3, -0.25) is 9.59 Å². The molecule has 1 fully saturated rings. The lowest BCUT2D eigenvalue weighted by Gasteiger charge is -2.11. The first-order valence-electron chi connectivity index (χ1n) is 12.6. The Balaban J connectivity index is 1.77. The zero-order chi connectivity index (χ0) is 25.9. The number of nitrogens with zero attached hydrogens (tertiary/aromatic N) is 3. The number of carbonyl (C=O) groups excluding carboxylic acids is 2. The number of ketones is 1. The van der Waals surface area contributed by atoms with Gasteiger partial charge in [0.15, 0.2) is 5.69 Å². The molecule has 0 radical (unpaired) electrons. The van der Waals surface area contributed by atoms with Crippen molar-refractivity contribution >= 4 is 17.4 Å². The fourth-order valence-corrected chi connectivity index (χ4v) is 3.54. The Morgan fingerprint density at radius 2 is 2.00 bits per heavy atom. The minimum atomic E-state index is -0.315. The minimum absolute atomic E-state index is 0.0956. The van der Waals surface area contributed by atoms with Crippen molar-refractivity contribution in [2.24, 2.45) is 5.92 Å². The highest BCUT2D eigenvalue weighted by Gasteiger charge is 2.28. The number of allylic oxidation sites excluding steroid dienone is 4. The Bertz CT molecular complexity index is 1070. The van der Waals surface area contributed by atoms with E-state index in [-0.39, 0.29) is 29.5 Å². The van der Waals surface area contributed by atoms with E-state index in [0.29, 0.717) is 49.6 Å². The van der Waals surface area contributed by atoms with Gasteiger partial charge in [0.25, 0.3) is 5.91 Å². The Morgan fingerprint density at radius 3 is 2.67 bits per heavy atom. The van der Waals surface area contributed by atoms with Gasteiger partial charge in [-0.1, -0.05) is 38.1 Å². The Kier molecular flexibility index (Phi) is 10.4. The molecule has 0 bridgehead atoms. The van der Waals surface area contributed by atoms with E-state index in [1.54, 1.807) is 16.8 Å². The van der Waals surface area contributed by atoms with Crippen molar-refractivity contribution in [3.63, 3.8) is 0 Å². The quantitative estimate of drug-likeness (QED) is 0.286. The lowest BCUT2D eigenvalue weighted by atomic mass is 10.1. The standard InChI is InChI=1S/C27H36FN5O3/c1-4-29-18-23(34)8-5-7-22(17-19(2)3)33-25(26(31-32-33)27(35)30-21-12-13-21)9-6-16-36-24-14-10-20(28)11-15-24/h5,7,10-11,14-15,17,19,21,29H,4,6,8-9,12-13,16,18H2,1-3H3,(H,30,35)/b7-5-,22-17+. The molecule has 1 aliphatic rings. The molecule has 3 rings (SSSR count). The van der Waals surface area contributed by atoms with Gasteiger partial charge in [0.1, 0.15) is 17.3 Å². The summed E-state index contributed by atoms with van der Waals surface area (Å²) in [5, 5.41) is 14.6. The number of nitrogens with one attached hydrogen (secondary N) is 2. The highest BCUT2D eigenvalue weighted by molar-refractivity contribution is 5.94. The molecule has 2 aromatic rings. The first kappa shape index (κ1) is 27.3. The maximum atomic E-state index is 13.1. The van der Waals surface area contributed by atoms with Gasteiger partial charge in [0.2, 0.25) is 0 Å². The van der Waals surface area contributed by atoms with Gasteiger partial charge in [-0.05, 0) is 68.5 Å². The van der Waals surface area contributed by atoms with Crippen molar-refractivity contribution in [3.8, 4) is 5.75 Å². The van der Waals surface area contributed by atoms with Crippen molar-refractivity contribution in [1.82, 2.24) is 25.6 Å². The van der Waals surface area contributed by atoms with Crippen molar-refractivity contribution in [3.05, 3.63) is 59.7 Å². The summed E-state index contributed by atoms with van der Waals surface area (Å²) in [5.74, 6) is 0.347. The Labute approximate surface area is 212 Å². The van der Waals surface area contributed by atoms with Crippen LogP contribution in [0, 0.1) is 11.7 Å². The third-order valence-electron chi connectivity index (χ3n) is 5.49. The molecule has 9 heteroatoms. The number of carbonyl (C=O) groups is 2. The molecule has 1 saturated carbocycles. The first-order chi connectivity index (χ1) is 17.4. The molecule has 0 aliphatic heterocycles. The van der Waals surface area contributed by atoms with Crippen molar-refractivity contribution < 1.29 is 18.7 Å². The van der Waals surface area contributed by atoms with E-state index in [2.05, 4.69) is 34.8 Å². The summed E-state index contributed by atoms with van der Waals surface area (Å²) in [5.41, 5.74) is 1.75. The summed E-state index contributed by atoms with van der Waals surface area (Å²) in [6.07, 6.45) is 9.07. The number of hydrogen-bond acceptors (Lipinski definition) is 6. The number of likely N-dealkylation sites (N-methyl/N-ethyl adjacent to an activating group) is 1. The minimum Gasteiger partial charge on any atom is -0.494 e. The molecule has 0 unspecified atom stereocenters. The SMILES string of the molecule is CCNCC(=O)C/C=C\C(=C/C(C)C)n1nnc(C(=O)NC2CC2)c1CCCOc1ccc(F)cc1. The second kappa shape index (κ2) is 13.7. The van der Waals surface area contributed by atoms with Gasteiger partial charge >= 0.3 is 0 Å². The average molecular weight is 498 g/mol. The average Bonchev–Trinajstić information content (AvgIpc) is 3.56. The van der Waals surface area contributed by atoms with E-state index in [0.717, 1.165) is 25.1 Å². The second-order valence-electron chi connectivity index (χ2n) is 9.21. The largest absolute Gasteiger partial charge is 0.494 e. The molecule has 8 nitrogen and oxygen atoms in total. The maximum absolute atomic E-state index is 13.1. The van der Waals surface area contributed by atoms with Crippen LogP contribution in [0.4, 0.5) is 4.39 Å². The lowest BCUT2D eigenvalue weighted by molar-refractivity contribution is -0.117. The number of halogens is 1. The molecule has 0 saturated heterocycles. The highest BCUT2D eigenvalue weighted by Crippen LogP contribution is 2.22. The number of ether oxygens (including phenoxy) is 1. The van der Waals surface area contributed by atoms with Crippen molar-refractivity contribution in [2.75, 3.05) is 19.7 Å². The van der Waals surface area contributed by atoms with E-state index >= 15 is 0 Å². The Hall–Kier alpha value is -3.33. The molecule has 36 heavy (non-hydrogen) atoms. The van der Waals surface area contributed by atoms with Crippen molar-refractivity contribution in [2.45, 2.75) is 58.9 Å². The summed E-state index contributed by atoms with van der Waals surface area (Å²) in [6, 6.07) is 6.08. The van der Waals surface area contributed by atoms with Crippen molar-refractivity contribution in [1.29, 1.82) is 0 Å². The molecule has 2 N–H and O–H groups in total. The zero-order valence-electron chi connectivity index (χ0n) is 21.3. The van der Waals surface area contributed by atoms with Crippen LogP contribution in [-0.2, 0) is 11.2 Å². The van der Waals surface area contributed by atoms with Crippen LogP contribution in [0.25, 0.3) is 5.70 Å². The number of rotatable bonds is 15. The van der Waals surface area contributed by atoms with Crippen LogP contribution >= 0.6 is 0 Å². The number of hydrogen-bond donors (Lipinski definition) is 2. The van der Waals surface area contributed by atoms with Crippen LogP contribution in [0.5, 0.6) is 5.75 Å². The fourth-order valence-electron chi connectivity index (χ4n) is 3.54. The summed E-state index contributed by atoms with van der Waals surface area (Å²) >= 11 is 0. The highest BCUT2D eigenvalue weighted by atomic mass is 19.1. The smallest absolute Gasteiger partial charge is 0.273 e. The van der Waals surface area contributed by atoms with E-state index in [4.69, 9.17) is 4.74 Å². The molecule has 1 aromatic heterocycles. The summed E-state index contributed by atoms with van der Waals surface area (Å²) in [4.78, 5) is 24.9. The Morgan fingerprint density at radius 1 is 1.25 bits per heavy atom. The van der Waals surface area contributed by atoms with Crippen LogP contribution < -0.4 is 15.4 Å². The molecule has 0 spiro atoms. The van der Waals surface area contributed by atoms with Gasteiger partial charge < -0.3 is 15.4 Å². The molecule has 194 valence electrons. The lowest BCUT2D eigenvalue weighted by Crippen LogP contribution is -2.27. The topological polar surface area (TPSA) is 98.1 Å². The zero-order valence-corrected chi connectivity index (χ0v) is 21.3. The van der Waals surface area contributed by atoms with Crippen LogP contribution in [0.1, 0.15) is 62.6 Å². The molecule has 1 aliphatic carbocycles. The summed E-state index contributed by atoms with van der Waals surface area (Å²) in [7, 11) is 0. The van der Waals surface area contributed by atoms with Gasteiger partial charge in [0, 0.05) is 12.5 Å². The molecule has 1 heterocycles. The first-order valence-corrected chi connectivity index (χ1v) is 12.6. The van der Waals surface area contributed by atoms with Crippen LogP contribution in [-0.4, -0.2) is 52.4 Å². The third kappa shape index (κ3) is 8.71. The monoisotopic (exact) mass is 497 g/mol. The van der Waals surface area contributed by atoms with E-state index in [1.807, 2.05) is 25.2 Å². The molecule has 0 atom stereocenters. The number of Topliss-reactive ketones (excluding diaryl/α,β-unsaturated/α-hetero) is 1. The predicted molar refractivity (Wildman–Crippen MR) is 137 cm³/mol. The summed E-state index contributed by atoms with van der Waals surface area (Å²) < 4.78 is 20.5. The van der Waals surface area contributed by atoms with Crippen LogP contribution in [0.15, 0.2) is 42.5 Å². The van der Waals surface area contributed by atoms with Crippen LogP contribution in [0.3, 0.4) is 0 Å². The van der Waals surface area contributed by atoms with Crippen LogP contribution in [0.2, 0.25) is 0 Å². The normalized spacial score (nSPS) is 14.0. The van der Waals surface area contributed by atoms with E-state index in [9.17, 15) is 14.0 Å². The second-order valence-corrected chi connectivity index (χ2v) is 9.21. The molecular formula is C27H36FN5O3. The molecule has 1 amide bonds. The third-order valence-corrected chi connectivity index (χ3v) is 5.49. The molecule has 1 aromatic carbocycles. The van der Waals surface area contributed by atoms with Gasteiger partial charge in [-0.25, -0.2) is 9.07 Å². The van der Waals surface area contributed by atoms with Gasteiger partial charge in [-0.15, -0.1) is 5.10 Å². The number of aromatic nitrogens is 3. The maximum Gasteiger partial charge on any atom is 0.273 e. The summed E-state index contributed by atoms with van der Waals surface area (Å²) in [6.45, 7) is 7.53.